The van der Waals surface area contributed by atoms with Gasteiger partial charge < -0.3 is 14.8 Å². The molecule has 0 unspecified atom stereocenters. The van der Waals surface area contributed by atoms with Crippen molar-refractivity contribution in [3.05, 3.63) is 86.3 Å². The van der Waals surface area contributed by atoms with E-state index in [4.69, 9.17) is 32.7 Å². The van der Waals surface area contributed by atoms with Crippen LogP contribution in [0.3, 0.4) is 0 Å². The lowest BCUT2D eigenvalue weighted by Crippen LogP contribution is -2.54. The quantitative estimate of drug-likeness (QED) is 0.269. The van der Waals surface area contributed by atoms with Crippen LogP contribution >= 0.6 is 39.1 Å². The van der Waals surface area contributed by atoms with Crippen molar-refractivity contribution in [1.82, 2.24) is 5.32 Å². The molecule has 0 atom stereocenters. The number of hydrogen-bond donors (Lipinski definition) is 2. The lowest BCUT2D eigenvalue weighted by atomic mass is 10.1. The summed E-state index contributed by atoms with van der Waals surface area (Å²) in [5, 5.41) is 5.20. The maximum Gasteiger partial charge on any atom is 0.335 e. The molecule has 0 bridgehead atoms. The fraction of sp³-hybridized carbons (Fsp3) is 0.0769. The molecule has 0 aromatic heterocycles. The molecule has 4 rings (SSSR count). The number of nitrogens with one attached hydrogen (secondary N) is 2. The third-order valence-electron chi connectivity index (χ3n) is 5.27. The van der Waals surface area contributed by atoms with Crippen LogP contribution in [0, 0.1) is 0 Å². The van der Waals surface area contributed by atoms with Gasteiger partial charge in [0.2, 0.25) is 0 Å². The molecule has 2 N–H and O–H groups in total. The smallest absolute Gasteiger partial charge is 0.335 e. The second-order valence-corrected chi connectivity index (χ2v) is 9.53. The van der Waals surface area contributed by atoms with Crippen molar-refractivity contribution >= 4 is 80.3 Å². The van der Waals surface area contributed by atoms with Gasteiger partial charge in [0.25, 0.3) is 17.7 Å². The van der Waals surface area contributed by atoms with Crippen LogP contribution in [-0.2, 0) is 14.4 Å². The van der Waals surface area contributed by atoms with Crippen LogP contribution in [-0.4, -0.2) is 37.5 Å². The van der Waals surface area contributed by atoms with Crippen molar-refractivity contribution in [2.24, 2.45) is 0 Å². The lowest BCUT2D eigenvalue weighted by Gasteiger charge is -2.26. The van der Waals surface area contributed by atoms with E-state index in [2.05, 4.69) is 26.6 Å². The zero-order valence-corrected chi connectivity index (χ0v) is 22.7. The van der Waals surface area contributed by atoms with E-state index in [0.29, 0.717) is 21.5 Å². The number of ether oxygens (including phenoxy) is 2. The molecule has 1 heterocycles. The average molecular weight is 619 g/mol. The molecule has 0 aliphatic carbocycles. The highest BCUT2D eigenvalue weighted by Gasteiger charge is 2.37. The fourth-order valence-electron chi connectivity index (χ4n) is 3.45. The Bertz CT molecular complexity index is 1480. The Balaban J connectivity index is 1.56. The third kappa shape index (κ3) is 6.16. The van der Waals surface area contributed by atoms with Gasteiger partial charge in [0, 0.05) is 15.7 Å². The minimum atomic E-state index is -0.934. The summed E-state index contributed by atoms with van der Waals surface area (Å²) in [6.07, 6.45) is 1.27. The second-order valence-electron chi connectivity index (χ2n) is 7.80. The van der Waals surface area contributed by atoms with E-state index in [1.165, 1.54) is 24.3 Å². The van der Waals surface area contributed by atoms with Crippen LogP contribution < -0.4 is 25.0 Å². The molecule has 38 heavy (non-hydrogen) atoms. The van der Waals surface area contributed by atoms with E-state index in [-0.39, 0.29) is 33.7 Å². The zero-order chi connectivity index (χ0) is 27.4. The predicted octanol–water partition coefficient (Wildman–Crippen LogP) is 5.45. The van der Waals surface area contributed by atoms with E-state index >= 15 is 0 Å². The number of hydrogen-bond acceptors (Lipinski definition) is 6. The number of methoxy groups -OCH3 is 1. The van der Waals surface area contributed by atoms with Gasteiger partial charge in [-0.25, -0.2) is 9.69 Å². The molecular formula is C26H18BrCl2N3O6. The Morgan fingerprint density at radius 2 is 1.76 bits per heavy atom. The molecule has 0 spiro atoms. The van der Waals surface area contributed by atoms with Gasteiger partial charge in [-0.1, -0.05) is 39.1 Å². The van der Waals surface area contributed by atoms with Gasteiger partial charge in [0.1, 0.15) is 17.1 Å². The number of halogens is 3. The highest BCUT2D eigenvalue weighted by Crippen LogP contribution is 2.31. The molecular weight excluding hydrogens is 601 g/mol. The average Bonchev–Trinajstić information content (AvgIpc) is 2.88. The number of nitrogens with zero attached hydrogens (tertiary/aromatic N) is 1. The van der Waals surface area contributed by atoms with E-state index in [9.17, 15) is 19.2 Å². The van der Waals surface area contributed by atoms with Gasteiger partial charge in [0.05, 0.1) is 22.8 Å². The molecule has 3 aromatic rings. The summed E-state index contributed by atoms with van der Waals surface area (Å²) in [5.74, 6) is -1.32. The molecule has 1 fully saturated rings. The first kappa shape index (κ1) is 27.2. The monoisotopic (exact) mass is 617 g/mol. The zero-order valence-electron chi connectivity index (χ0n) is 19.6. The van der Waals surface area contributed by atoms with Gasteiger partial charge in [-0.15, -0.1) is 0 Å². The normalized spacial score (nSPS) is 14.4. The van der Waals surface area contributed by atoms with Crippen LogP contribution in [0.15, 0.2) is 70.7 Å². The molecule has 1 saturated heterocycles. The second kappa shape index (κ2) is 11.7. The first-order valence-electron chi connectivity index (χ1n) is 10.9. The molecule has 0 saturated carbocycles. The maximum absolute atomic E-state index is 13.2. The summed E-state index contributed by atoms with van der Waals surface area (Å²) in [6.45, 7) is -0.349. The largest absolute Gasteiger partial charge is 0.497 e. The lowest BCUT2D eigenvalue weighted by molar-refractivity contribution is -0.122. The van der Waals surface area contributed by atoms with Gasteiger partial charge >= 0.3 is 6.03 Å². The molecule has 5 amide bonds. The number of imide groups is 2. The molecule has 194 valence electrons. The number of urea groups is 1. The summed E-state index contributed by atoms with van der Waals surface area (Å²) in [7, 11) is 1.54. The first-order valence-corrected chi connectivity index (χ1v) is 12.4. The van der Waals surface area contributed by atoms with Crippen LogP contribution in [0.2, 0.25) is 10.0 Å². The van der Waals surface area contributed by atoms with Crippen LogP contribution in [0.5, 0.6) is 11.5 Å². The summed E-state index contributed by atoms with van der Waals surface area (Å²) in [5.41, 5.74) is 0.662. The number of carbonyl (C=O) groups excluding carboxylic acids is 4. The predicted molar refractivity (Wildman–Crippen MR) is 147 cm³/mol. The third-order valence-corrected chi connectivity index (χ3v) is 6.50. The minimum Gasteiger partial charge on any atom is -0.497 e. The number of amides is 5. The summed E-state index contributed by atoms with van der Waals surface area (Å²) >= 11 is 15.3. The maximum atomic E-state index is 13.2. The van der Waals surface area contributed by atoms with E-state index in [0.717, 1.165) is 4.90 Å². The first-order chi connectivity index (χ1) is 18.2. The highest BCUT2D eigenvalue weighted by molar-refractivity contribution is 9.10. The summed E-state index contributed by atoms with van der Waals surface area (Å²) in [6, 6.07) is 14.9. The Labute approximate surface area is 235 Å². The van der Waals surface area contributed by atoms with Crippen molar-refractivity contribution in [2.45, 2.75) is 0 Å². The summed E-state index contributed by atoms with van der Waals surface area (Å²) < 4.78 is 11.4. The highest BCUT2D eigenvalue weighted by atomic mass is 79.9. The molecule has 1 aliphatic rings. The number of rotatable bonds is 7. The van der Waals surface area contributed by atoms with Crippen molar-refractivity contribution in [3.63, 3.8) is 0 Å². The number of benzene rings is 3. The van der Waals surface area contributed by atoms with Gasteiger partial charge in [0.15, 0.2) is 6.61 Å². The van der Waals surface area contributed by atoms with Gasteiger partial charge in [-0.3, -0.25) is 19.7 Å². The Kier molecular flexibility index (Phi) is 8.35. The van der Waals surface area contributed by atoms with Crippen LogP contribution in [0.25, 0.3) is 6.08 Å². The molecule has 0 radical (unpaired) electrons. The Morgan fingerprint density at radius 1 is 1.03 bits per heavy atom. The molecule has 3 aromatic carbocycles. The minimum absolute atomic E-state index is 0.126. The topological polar surface area (TPSA) is 114 Å². The number of anilines is 2. The molecule has 12 heteroatoms. The molecule has 9 nitrogen and oxygen atoms in total. The van der Waals surface area contributed by atoms with Crippen LogP contribution in [0.1, 0.15) is 5.56 Å². The van der Waals surface area contributed by atoms with E-state index < -0.39 is 23.8 Å². The number of barbiturate groups is 1. The van der Waals surface area contributed by atoms with Crippen molar-refractivity contribution in [3.8, 4) is 11.5 Å². The van der Waals surface area contributed by atoms with Crippen molar-refractivity contribution < 1.29 is 28.7 Å². The number of carbonyl (C=O) groups is 4. The van der Waals surface area contributed by atoms with Crippen LogP contribution in [0.4, 0.5) is 16.2 Å². The summed E-state index contributed by atoms with van der Waals surface area (Å²) in [4.78, 5) is 51.5. The van der Waals surface area contributed by atoms with Gasteiger partial charge in [-0.05, 0) is 66.7 Å². The van der Waals surface area contributed by atoms with E-state index in [1.54, 1.807) is 49.6 Å². The standard InChI is InChI=1S/C26H18BrCl2N3O6/c1-37-18-6-3-16(4-7-18)30-23(33)13-38-22-9-2-15(27)10-14(22)11-19-24(34)31-26(36)32(25(19)35)17-5-8-20(28)21(29)12-17/h2-12H,13H2,1H3,(H,30,33)(H,31,34,36)/b19-11-. The SMILES string of the molecule is COc1ccc(NC(=O)COc2ccc(Br)cc2/C=C2/C(=O)NC(=O)N(c3ccc(Cl)c(Cl)c3)C2=O)cc1. The van der Waals surface area contributed by atoms with E-state index in [1.807, 2.05) is 0 Å². The Hall–Kier alpha value is -3.86. The fourth-order valence-corrected chi connectivity index (χ4v) is 4.12. The van der Waals surface area contributed by atoms with Gasteiger partial charge in [-0.2, -0.15) is 0 Å². The van der Waals surface area contributed by atoms with Crippen molar-refractivity contribution in [2.75, 3.05) is 23.9 Å². The Morgan fingerprint density at radius 3 is 2.45 bits per heavy atom. The van der Waals surface area contributed by atoms with Crippen molar-refractivity contribution in [1.29, 1.82) is 0 Å². The molecule has 1 aliphatic heterocycles.